The Morgan fingerprint density at radius 1 is 1.14 bits per heavy atom. The van der Waals surface area contributed by atoms with E-state index < -0.39 is 29.4 Å². The number of hydrogen-bond donors (Lipinski definition) is 1. The third kappa shape index (κ3) is 4.13. The van der Waals surface area contributed by atoms with E-state index in [9.17, 15) is 26.7 Å². The zero-order chi connectivity index (χ0) is 20.5. The highest BCUT2D eigenvalue weighted by molar-refractivity contribution is 6.05. The maximum absolute atomic E-state index is 13.3. The van der Waals surface area contributed by atoms with Crippen LogP contribution in [0.1, 0.15) is 33.2 Å². The molecule has 1 N–H and O–H groups in total. The number of amides is 1. The summed E-state index contributed by atoms with van der Waals surface area (Å²) in [6, 6.07) is 2.82. The van der Waals surface area contributed by atoms with Crippen LogP contribution in [0.25, 0.3) is 0 Å². The molecule has 2 heterocycles. The highest BCUT2D eigenvalue weighted by atomic mass is 19.4. The van der Waals surface area contributed by atoms with Gasteiger partial charge in [0, 0.05) is 18.0 Å². The van der Waals surface area contributed by atoms with Crippen molar-refractivity contribution >= 4 is 11.6 Å². The van der Waals surface area contributed by atoms with Gasteiger partial charge < -0.3 is 9.84 Å². The van der Waals surface area contributed by atoms with Crippen molar-refractivity contribution in [2.75, 3.05) is 5.32 Å². The van der Waals surface area contributed by atoms with Crippen LogP contribution in [0.5, 0.6) is 0 Å². The normalized spacial score (nSPS) is 11.5. The van der Waals surface area contributed by atoms with Gasteiger partial charge in [-0.1, -0.05) is 5.16 Å². The lowest BCUT2D eigenvalue weighted by Gasteiger charge is -2.07. The molecule has 0 saturated carbocycles. The number of carbonyl (C=O) groups is 1. The second kappa shape index (κ2) is 7.33. The van der Waals surface area contributed by atoms with Gasteiger partial charge in [0.15, 0.2) is 23.1 Å². The Bertz CT molecular complexity index is 1020. The molecule has 3 aromatic rings. The highest BCUT2D eigenvalue weighted by Crippen LogP contribution is 2.27. The number of hydrogen-bond acceptors (Lipinski definition) is 5. The van der Waals surface area contributed by atoms with Gasteiger partial charge in [-0.15, -0.1) is 0 Å². The van der Waals surface area contributed by atoms with Gasteiger partial charge in [0.05, 0.1) is 24.0 Å². The molecule has 0 saturated heterocycles. The van der Waals surface area contributed by atoms with E-state index in [4.69, 9.17) is 4.52 Å². The zero-order valence-corrected chi connectivity index (χ0v) is 14.1. The van der Waals surface area contributed by atoms with Crippen LogP contribution in [0.15, 0.2) is 35.1 Å². The summed E-state index contributed by atoms with van der Waals surface area (Å²) < 4.78 is 69.0. The van der Waals surface area contributed by atoms with Gasteiger partial charge >= 0.3 is 6.18 Å². The van der Waals surface area contributed by atoms with E-state index in [1.165, 1.54) is 13.0 Å². The number of carbonyl (C=O) groups excluding carboxylic acids is 1. The molecule has 0 aliphatic heterocycles. The van der Waals surface area contributed by atoms with Crippen molar-refractivity contribution in [3.63, 3.8) is 0 Å². The maximum atomic E-state index is 13.3. The molecule has 0 aliphatic rings. The summed E-state index contributed by atoms with van der Waals surface area (Å²) in [6.45, 7) is 1.48. The van der Waals surface area contributed by atoms with Gasteiger partial charge in [0.1, 0.15) is 5.56 Å². The van der Waals surface area contributed by atoms with Crippen molar-refractivity contribution in [3.05, 3.63) is 70.6 Å². The molecule has 28 heavy (non-hydrogen) atoms. The molecule has 0 bridgehead atoms. The molecule has 0 aliphatic carbocycles. The van der Waals surface area contributed by atoms with Crippen molar-refractivity contribution in [1.29, 1.82) is 0 Å². The lowest BCUT2D eigenvalue weighted by molar-refractivity contribution is -0.141. The first-order chi connectivity index (χ1) is 13.1. The third-order valence-corrected chi connectivity index (χ3v) is 3.68. The van der Waals surface area contributed by atoms with E-state index in [0.29, 0.717) is 6.20 Å². The quantitative estimate of drug-likeness (QED) is 0.674. The van der Waals surface area contributed by atoms with E-state index in [1.54, 1.807) is 0 Å². The Morgan fingerprint density at radius 3 is 2.50 bits per heavy atom. The Labute approximate surface area is 154 Å². The standard InChI is InChI=1S/C17H11F5N4O2/c1-8-15(16(27)25-9-2-3-11(18)12(19)4-9)13(28-26-8)5-10-6-24-14(7-23-10)17(20,21)22/h2-4,6-7H,5H2,1H3,(H,25,27). The lowest BCUT2D eigenvalue weighted by Crippen LogP contribution is -2.15. The Balaban J connectivity index is 1.81. The second-order valence-electron chi connectivity index (χ2n) is 5.72. The van der Waals surface area contributed by atoms with Gasteiger partial charge in [-0.05, 0) is 19.1 Å². The molecule has 0 radical (unpaired) electrons. The molecule has 0 atom stereocenters. The van der Waals surface area contributed by atoms with Gasteiger partial charge in [0.2, 0.25) is 0 Å². The molecule has 6 nitrogen and oxygen atoms in total. The molecule has 0 spiro atoms. The first kappa shape index (κ1) is 19.4. The molecule has 0 fully saturated rings. The van der Waals surface area contributed by atoms with Crippen LogP contribution >= 0.6 is 0 Å². The Hall–Kier alpha value is -3.37. The zero-order valence-electron chi connectivity index (χ0n) is 14.1. The van der Waals surface area contributed by atoms with E-state index in [0.717, 1.165) is 18.3 Å². The average Bonchev–Trinajstić information content (AvgIpc) is 2.98. The topological polar surface area (TPSA) is 80.9 Å². The van der Waals surface area contributed by atoms with Crippen LogP contribution in [0, 0.1) is 18.6 Å². The minimum absolute atomic E-state index is 0.00442. The summed E-state index contributed by atoms with van der Waals surface area (Å²) >= 11 is 0. The fourth-order valence-corrected chi connectivity index (χ4v) is 2.35. The number of halogens is 5. The Morgan fingerprint density at radius 2 is 1.89 bits per heavy atom. The smallest absolute Gasteiger partial charge is 0.360 e. The highest BCUT2D eigenvalue weighted by Gasteiger charge is 2.33. The second-order valence-corrected chi connectivity index (χ2v) is 5.72. The van der Waals surface area contributed by atoms with Gasteiger partial charge in [-0.25, -0.2) is 13.8 Å². The number of rotatable bonds is 4. The number of aromatic nitrogens is 3. The summed E-state index contributed by atoms with van der Waals surface area (Å²) in [5.74, 6) is -2.88. The minimum atomic E-state index is -4.62. The monoisotopic (exact) mass is 398 g/mol. The molecule has 1 amide bonds. The van der Waals surface area contributed by atoms with Crippen LogP contribution < -0.4 is 5.32 Å². The van der Waals surface area contributed by atoms with Crippen LogP contribution in [0.3, 0.4) is 0 Å². The Kier molecular flexibility index (Phi) is 5.08. The third-order valence-electron chi connectivity index (χ3n) is 3.68. The summed E-state index contributed by atoms with van der Waals surface area (Å²) in [6.07, 6.45) is -3.28. The van der Waals surface area contributed by atoms with E-state index in [1.807, 2.05) is 0 Å². The van der Waals surface area contributed by atoms with Crippen LogP contribution in [-0.4, -0.2) is 21.0 Å². The number of nitrogens with zero attached hydrogens (tertiary/aromatic N) is 3. The molecule has 0 unspecified atom stereocenters. The minimum Gasteiger partial charge on any atom is -0.360 e. The molecule has 3 rings (SSSR count). The van der Waals surface area contributed by atoms with Crippen LogP contribution in [-0.2, 0) is 12.6 Å². The van der Waals surface area contributed by atoms with E-state index in [2.05, 4.69) is 20.4 Å². The summed E-state index contributed by atoms with van der Waals surface area (Å²) in [5.41, 5.74) is -0.821. The van der Waals surface area contributed by atoms with Crippen molar-refractivity contribution in [2.24, 2.45) is 0 Å². The fraction of sp³-hybridized carbons (Fsp3) is 0.176. The van der Waals surface area contributed by atoms with Crippen LogP contribution in [0.4, 0.5) is 27.6 Å². The number of anilines is 1. The average molecular weight is 398 g/mol. The van der Waals surface area contributed by atoms with Crippen molar-refractivity contribution in [1.82, 2.24) is 15.1 Å². The predicted octanol–water partition coefficient (Wildman–Crippen LogP) is 3.91. The van der Waals surface area contributed by atoms with Crippen molar-refractivity contribution < 1.29 is 31.3 Å². The summed E-state index contributed by atoms with van der Waals surface area (Å²) in [7, 11) is 0. The molecule has 146 valence electrons. The van der Waals surface area contributed by atoms with Crippen molar-refractivity contribution in [2.45, 2.75) is 19.5 Å². The van der Waals surface area contributed by atoms with Gasteiger partial charge in [-0.2, -0.15) is 13.2 Å². The number of nitrogens with one attached hydrogen (secondary N) is 1. The lowest BCUT2D eigenvalue weighted by atomic mass is 10.1. The maximum Gasteiger partial charge on any atom is 0.434 e. The summed E-state index contributed by atoms with van der Waals surface area (Å²) in [4.78, 5) is 19.4. The SMILES string of the molecule is Cc1noc(Cc2cnc(C(F)(F)F)cn2)c1C(=O)Nc1ccc(F)c(F)c1. The predicted molar refractivity (Wildman–Crippen MR) is 85.4 cm³/mol. The molecular formula is C17H11F5N4O2. The largest absolute Gasteiger partial charge is 0.434 e. The molecule has 1 aromatic carbocycles. The number of aryl methyl sites for hydroxylation is 1. The van der Waals surface area contributed by atoms with Crippen molar-refractivity contribution in [3.8, 4) is 0 Å². The van der Waals surface area contributed by atoms with Crippen LogP contribution in [0.2, 0.25) is 0 Å². The number of alkyl halides is 3. The molecule has 2 aromatic heterocycles. The first-order valence-corrected chi connectivity index (χ1v) is 7.75. The summed E-state index contributed by atoms with van der Waals surface area (Å²) in [5, 5.41) is 6.04. The first-order valence-electron chi connectivity index (χ1n) is 7.75. The van der Waals surface area contributed by atoms with Gasteiger partial charge in [0.25, 0.3) is 5.91 Å². The molecular weight excluding hydrogens is 387 g/mol. The number of benzene rings is 1. The van der Waals surface area contributed by atoms with E-state index in [-0.39, 0.29) is 34.8 Å². The molecule has 11 heteroatoms. The van der Waals surface area contributed by atoms with Gasteiger partial charge in [-0.3, -0.25) is 9.78 Å². The van der Waals surface area contributed by atoms with E-state index >= 15 is 0 Å². The fourth-order valence-electron chi connectivity index (χ4n) is 2.35.